The first-order valence-electron chi connectivity index (χ1n) is 4.53. The van der Waals surface area contributed by atoms with Crippen LogP contribution in [0.1, 0.15) is 20.8 Å². The summed E-state index contributed by atoms with van der Waals surface area (Å²) in [6.45, 7) is 8.23. The van der Waals surface area contributed by atoms with Gasteiger partial charge in [0.25, 0.3) is 0 Å². The summed E-state index contributed by atoms with van der Waals surface area (Å²) in [4.78, 5) is 2.22. The molecule has 1 atom stereocenters. The third kappa shape index (κ3) is 3.09. The first-order chi connectivity index (χ1) is 5.42. The molecule has 74 valence electrons. The molecular weight excluding hydrogens is 150 g/mol. The highest BCUT2D eigenvalue weighted by Crippen LogP contribution is 2.14. The van der Waals surface area contributed by atoms with E-state index in [0.717, 1.165) is 6.54 Å². The van der Waals surface area contributed by atoms with Crippen molar-refractivity contribution >= 4 is 0 Å². The maximum absolute atomic E-state index is 5.42. The van der Waals surface area contributed by atoms with Crippen LogP contribution in [0, 0.1) is 0 Å². The van der Waals surface area contributed by atoms with Crippen LogP contribution in [-0.2, 0) is 0 Å². The summed E-state index contributed by atoms with van der Waals surface area (Å²) in [7, 11) is 4.20. The lowest BCUT2D eigenvalue weighted by molar-refractivity contribution is 0.147. The van der Waals surface area contributed by atoms with Crippen molar-refractivity contribution in [3.63, 3.8) is 0 Å². The largest absolute Gasteiger partial charge is 0.329 e. The monoisotopic (exact) mass is 173 g/mol. The molecule has 1 unspecified atom stereocenters. The van der Waals surface area contributed by atoms with Crippen LogP contribution in [0.15, 0.2) is 0 Å². The number of rotatable bonds is 5. The Morgan fingerprint density at radius 1 is 1.42 bits per heavy atom. The van der Waals surface area contributed by atoms with Gasteiger partial charge in [0.15, 0.2) is 0 Å². The van der Waals surface area contributed by atoms with Gasteiger partial charge in [-0.25, -0.2) is 0 Å². The molecule has 0 fully saturated rings. The van der Waals surface area contributed by atoms with E-state index in [1.165, 1.54) is 0 Å². The third-order valence-electron chi connectivity index (χ3n) is 2.81. The van der Waals surface area contributed by atoms with E-state index in [1.54, 1.807) is 0 Å². The maximum Gasteiger partial charge on any atom is 0.0297 e. The fourth-order valence-corrected chi connectivity index (χ4v) is 0.937. The first kappa shape index (κ1) is 11.9. The SMILES string of the molecule is CC(NCCN)C(C)(C)N(C)C. The van der Waals surface area contributed by atoms with Gasteiger partial charge in [-0.05, 0) is 34.9 Å². The number of hydrogen-bond donors (Lipinski definition) is 2. The topological polar surface area (TPSA) is 41.3 Å². The van der Waals surface area contributed by atoms with Crippen molar-refractivity contribution in [2.75, 3.05) is 27.2 Å². The number of nitrogens with two attached hydrogens (primary N) is 1. The summed E-state index contributed by atoms with van der Waals surface area (Å²) in [5.41, 5.74) is 5.60. The summed E-state index contributed by atoms with van der Waals surface area (Å²) in [5, 5.41) is 3.39. The van der Waals surface area contributed by atoms with Crippen LogP contribution in [0.2, 0.25) is 0 Å². The molecule has 0 saturated carbocycles. The zero-order valence-electron chi connectivity index (χ0n) is 9.02. The summed E-state index contributed by atoms with van der Waals surface area (Å²) in [6.07, 6.45) is 0. The molecule has 0 aliphatic rings. The minimum Gasteiger partial charge on any atom is -0.329 e. The maximum atomic E-state index is 5.42. The predicted molar refractivity (Wildman–Crippen MR) is 54.3 cm³/mol. The Morgan fingerprint density at radius 3 is 2.25 bits per heavy atom. The van der Waals surface area contributed by atoms with E-state index >= 15 is 0 Å². The van der Waals surface area contributed by atoms with E-state index in [0.29, 0.717) is 12.6 Å². The van der Waals surface area contributed by atoms with Crippen LogP contribution < -0.4 is 11.1 Å². The van der Waals surface area contributed by atoms with E-state index in [2.05, 4.69) is 45.1 Å². The number of nitrogens with zero attached hydrogens (tertiary/aromatic N) is 1. The summed E-state index contributed by atoms with van der Waals surface area (Å²) in [6, 6.07) is 0.455. The van der Waals surface area contributed by atoms with Crippen molar-refractivity contribution < 1.29 is 0 Å². The Labute approximate surface area is 76.3 Å². The third-order valence-corrected chi connectivity index (χ3v) is 2.81. The van der Waals surface area contributed by atoms with Gasteiger partial charge in [0.2, 0.25) is 0 Å². The van der Waals surface area contributed by atoms with Crippen molar-refractivity contribution in [2.45, 2.75) is 32.4 Å². The van der Waals surface area contributed by atoms with Gasteiger partial charge >= 0.3 is 0 Å². The number of hydrogen-bond acceptors (Lipinski definition) is 3. The van der Waals surface area contributed by atoms with Crippen molar-refractivity contribution in [3.8, 4) is 0 Å². The van der Waals surface area contributed by atoms with Gasteiger partial charge < -0.3 is 16.0 Å². The van der Waals surface area contributed by atoms with Crippen LogP contribution in [0.4, 0.5) is 0 Å². The van der Waals surface area contributed by atoms with Gasteiger partial charge in [0, 0.05) is 24.7 Å². The van der Waals surface area contributed by atoms with Crippen LogP contribution >= 0.6 is 0 Å². The van der Waals surface area contributed by atoms with Gasteiger partial charge in [-0.15, -0.1) is 0 Å². The minimum atomic E-state index is 0.176. The summed E-state index contributed by atoms with van der Waals surface area (Å²) in [5.74, 6) is 0. The van der Waals surface area contributed by atoms with Crippen LogP contribution in [0.5, 0.6) is 0 Å². The van der Waals surface area contributed by atoms with Crippen molar-refractivity contribution in [1.82, 2.24) is 10.2 Å². The minimum absolute atomic E-state index is 0.176. The molecule has 0 amide bonds. The van der Waals surface area contributed by atoms with Gasteiger partial charge in [0.1, 0.15) is 0 Å². The molecule has 0 aliphatic carbocycles. The molecule has 0 heterocycles. The van der Waals surface area contributed by atoms with E-state index in [1.807, 2.05) is 0 Å². The fraction of sp³-hybridized carbons (Fsp3) is 1.00. The number of nitrogens with one attached hydrogen (secondary N) is 1. The Kier molecular flexibility index (Phi) is 4.75. The van der Waals surface area contributed by atoms with E-state index in [9.17, 15) is 0 Å². The van der Waals surface area contributed by atoms with Crippen LogP contribution in [0.3, 0.4) is 0 Å². The Morgan fingerprint density at radius 2 is 1.92 bits per heavy atom. The lowest BCUT2D eigenvalue weighted by Gasteiger charge is -2.38. The first-order valence-corrected chi connectivity index (χ1v) is 4.53. The van der Waals surface area contributed by atoms with E-state index < -0.39 is 0 Å². The van der Waals surface area contributed by atoms with Crippen LogP contribution in [-0.4, -0.2) is 43.7 Å². The Hall–Kier alpha value is -0.120. The molecule has 0 radical (unpaired) electrons. The Bertz CT molecular complexity index is 121. The highest BCUT2D eigenvalue weighted by atomic mass is 15.2. The lowest BCUT2D eigenvalue weighted by atomic mass is 9.95. The molecule has 3 heteroatoms. The molecule has 0 spiro atoms. The average Bonchev–Trinajstić information content (AvgIpc) is 1.99. The zero-order chi connectivity index (χ0) is 9.78. The second kappa shape index (κ2) is 4.80. The zero-order valence-corrected chi connectivity index (χ0v) is 9.02. The molecule has 0 aromatic carbocycles. The normalized spacial score (nSPS) is 15.2. The molecule has 0 rings (SSSR count). The fourth-order valence-electron chi connectivity index (χ4n) is 0.937. The smallest absolute Gasteiger partial charge is 0.0297 e. The molecule has 3 nitrogen and oxygen atoms in total. The van der Waals surface area contributed by atoms with Crippen molar-refractivity contribution in [3.05, 3.63) is 0 Å². The quantitative estimate of drug-likeness (QED) is 0.627. The molecule has 3 N–H and O–H groups in total. The second-order valence-corrected chi connectivity index (χ2v) is 4.01. The standard InChI is InChI=1S/C9H23N3/c1-8(11-7-6-10)9(2,3)12(4)5/h8,11H,6-7,10H2,1-5H3. The lowest BCUT2D eigenvalue weighted by Crippen LogP contribution is -2.54. The van der Waals surface area contributed by atoms with E-state index in [-0.39, 0.29) is 5.54 Å². The van der Waals surface area contributed by atoms with Crippen LogP contribution in [0.25, 0.3) is 0 Å². The highest BCUT2D eigenvalue weighted by molar-refractivity contribution is 4.88. The van der Waals surface area contributed by atoms with Gasteiger partial charge in [-0.1, -0.05) is 0 Å². The van der Waals surface area contributed by atoms with E-state index in [4.69, 9.17) is 5.73 Å². The summed E-state index contributed by atoms with van der Waals surface area (Å²) >= 11 is 0. The summed E-state index contributed by atoms with van der Waals surface area (Å²) < 4.78 is 0. The van der Waals surface area contributed by atoms with Crippen molar-refractivity contribution in [2.24, 2.45) is 5.73 Å². The average molecular weight is 173 g/mol. The van der Waals surface area contributed by atoms with Crippen molar-refractivity contribution in [1.29, 1.82) is 0 Å². The molecule has 0 saturated heterocycles. The molecule has 0 bridgehead atoms. The van der Waals surface area contributed by atoms with Gasteiger partial charge in [-0.3, -0.25) is 0 Å². The Balaban J connectivity index is 3.97. The highest BCUT2D eigenvalue weighted by Gasteiger charge is 2.27. The molecular formula is C9H23N3. The number of likely N-dealkylation sites (N-methyl/N-ethyl adjacent to an activating group) is 1. The van der Waals surface area contributed by atoms with Gasteiger partial charge in [0.05, 0.1) is 0 Å². The predicted octanol–water partition coefficient (Wildman–Crippen LogP) is 0.263. The molecule has 0 aromatic heterocycles. The molecule has 0 aliphatic heterocycles. The van der Waals surface area contributed by atoms with Gasteiger partial charge in [-0.2, -0.15) is 0 Å². The second-order valence-electron chi connectivity index (χ2n) is 4.01. The molecule has 0 aromatic rings. The molecule has 12 heavy (non-hydrogen) atoms.